The number of ether oxygens (including phenoxy) is 1. The third kappa shape index (κ3) is 5.10. The first-order valence-corrected chi connectivity index (χ1v) is 11.0. The van der Waals surface area contributed by atoms with E-state index in [1.807, 2.05) is 18.2 Å². The number of rotatable bonds is 6. The summed E-state index contributed by atoms with van der Waals surface area (Å²) in [6.07, 6.45) is 7.75. The molecule has 1 N–H and O–H groups in total. The average Bonchev–Trinajstić information content (AvgIpc) is 3.18. The lowest BCUT2D eigenvalue weighted by molar-refractivity contribution is -0.116. The van der Waals surface area contributed by atoms with Crippen LogP contribution in [-0.4, -0.2) is 33.4 Å². The maximum Gasteiger partial charge on any atom is 0.410 e. The van der Waals surface area contributed by atoms with Gasteiger partial charge in [0.25, 0.3) is 0 Å². The zero-order valence-corrected chi connectivity index (χ0v) is 18.1. The number of aryl methyl sites for hydroxylation is 1. The van der Waals surface area contributed by atoms with Gasteiger partial charge >= 0.3 is 6.09 Å². The van der Waals surface area contributed by atoms with Crippen molar-refractivity contribution in [1.29, 1.82) is 5.26 Å². The predicted molar refractivity (Wildman–Crippen MR) is 119 cm³/mol. The summed E-state index contributed by atoms with van der Waals surface area (Å²) in [4.78, 5) is 35.5. The molecule has 0 unspecified atom stereocenters. The van der Waals surface area contributed by atoms with Crippen molar-refractivity contribution >= 4 is 28.3 Å². The summed E-state index contributed by atoms with van der Waals surface area (Å²) < 4.78 is 5.40. The second kappa shape index (κ2) is 10.0. The second-order valence-corrected chi connectivity index (χ2v) is 8.42. The van der Waals surface area contributed by atoms with Crippen molar-refractivity contribution in [3.05, 3.63) is 76.2 Å². The van der Waals surface area contributed by atoms with E-state index in [0.29, 0.717) is 42.9 Å². The summed E-state index contributed by atoms with van der Waals surface area (Å²) in [5.74, 6) is -0.156. The van der Waals surface area contributed by atoms with Crippen LogP contribution < -0.4 is 5.32 Å². The largest absolute Gasteiger partial charge is 0.444 e. The number of carbonyl (C=O) groups is 2. The molecule has 0 saturated heterocycles. The van der Waals surface area contributed by atoms with Gasteiger partial charge in [-0.3, -0.25) is 14.8 Å². The van der Waals surface area contributed by atoms with Crippen LogP contribution in [0.25, 0.3) is 0 Å². The van der Waals surface area contributed by atoms with E-state index < -0.39 is 6.09 Å². The van der Waals surface area contributed by atoms with Crippen molar-refractivity contribution in [3.8, 4) is 6.07 Å². The fourth-order valence-corrected chi connectivity index (χ4v) is 4.71. The molecule has 9 heteroatoms. The zero-order valence-electron chi connectivity index (χ0n) is 17.3. The van der Waals surface area contributed by atoms with Crippen LogP contribution in [0.3, 0.4) is 0 Å². The topological polar surface area (TPSA) is 108 Å². The van der Waals surface area contributed by atoms with E-state index in [0.717, 1.165) is 21.6 Å². The summed E-state index contributed by atoms with van der Waals surface area (Å²) >= 11 is 1.35. The van der Waals surface area contributed by atoms with E-state index in [9.17, 15) is 14.9 Å². The lowest BCUT2D eigenvalue weighted by atomic mass is 10.0. The van der Waals surface area contributed by atoms with Gasteiger partial charge in [0.2, 0.25) is 5.91 Å². The second-order valence-electron chi connectivity index (χ2n) is 7.32. The third-order valence-corrected chi connectivity index (χ3v) is 6.26. The Labute approximate surface area is 189 Å². The number of thiophene rings is 1. The lowest BCUT2D eigenvalue weighted by Gasteiger charge is -2.26. The molecule has 0 radical (unpaired) electrons. The molecule has 0 aliphatic carbocycles. The van der Waals surface area contributed by atoms with Crippen LogP contribution in [0.15, 0.2) is 49.1 Å². The Kier molecular flexibility index (Phi) is 6.72. The van der Waals surface area contributed by atoms with E-state index >= 15 is 0 Å². The fraction of sp³-hybridized carbons (Fsp3) is 0.261. The number of fused-ring (bicyclic) bond motifs is 1. The summed E-state index contributed by atoms with van der Waals surface area (Å²) in [5.41, 5.74) is 3.19. The molecule has 0 bridgehead atoms. The number of nitrogens with one attached hydrogen (secondary N) is 1. The van der Waals surface area contributed by atoms with Crippen molar-refractivity contribution in [2.24, 2.45) is 0 Å². The van der Waals surface area contributed by atoms with Gasteiger partial charge < -0.3 is 15.0 Å². The van der Waals surface area contributed by atoms with Gasteiger partial charge in [0, 0.05) is 48.2 Å². The number of anilines is 1. The average molecular weight is 448 g/mol. The molecular weight excluding hydrogens is 426 g/mol. The number of hydrogen-bond acceptors (Lipinski definition) is 7. The molecule has 8 nitrogen and oxygen atoms in total. The minimum absolute atomic E-state index is 0.155. The van der Waals surface area contributed by atoms with Gasteiger partial charge in [-0.25, -0.2) is 4.79 Å². The van der Waals surface area contributed by atoms with Gasteiger partial charge in [-0.15, -0.1) is 11.3 Å². The Balaban J connectivity index is 1.37. The Morgan fingerprint density at radius 3 is 2.62 bits per heavy atom. The maximum atomic E-state index is 12.5. The Bertz CT molecular complexity index is 1140. The van der Waals surface area contributed by atoms with Gasteiger partial charge in [0.05, 0.1) is 12.1 Å². The lowest BCUT2D eigenvalue weighted by Crippen LogP contribution is -2.35. The highest BCUT2D eigenvalue weighted by molar-refractivity contribution is 7.16. The number of nitriles is 1. The molecule has 0 spiro atoms. The first kappa shape index (κ1) is 21.5. The van der Waals surface area contributed by atoms with E-state index in [1.54, 1.807) is 35.8 Å². The maximum absolute atomic E-state index is 12.5. The van der Waals surface area contributed by atoms with Crippen LogP contribution in [-0.2, 0) is 35.5 Å². The van der Waals surface area contributed by atoms with E-state index in [-0.39, 0.29) is 12.5 Å². The summed E-state index contributed by atoms with van der Waals surface area (Å²) in [6, 6.07) is 9.61. The van der Waals surface area contributed by atoms with Crippen LogP contribution in [0.1, 0.15) is 33.6 Å². The first-order chi connectivity index (χ1) is 15.6. The van der Waals surface area contributed by atoms with Crippen molar-refractivity contribution in [2.75, 3.05) is 11.9 Å². The smallest absolute Gasteiger partial charge is 0.410 e. The van der Waals surface area contributed by atoms with Crippen molar-refractivity contribution in [2.45, 2.75) is 32.4 Å². The predicted octanol–water partition coefficient (Wildman–Crippen LogP) is 3.68. The molecule has 4 rings (SSSR count). The Morgan fingerprint density at radius 1 is 1.19 bits per heavy atom. The molecule has 1 aliphatic rings. The first-order valence-electron chi connectivity index (χ1n) is 10.2. The number of pyridine rings is 2. The molecule has 3 aromatic rings. The molecule has 0 fully saturated rings. The van der Waals surface area contributed by atoms with Crippen LogP contribution in [0.4, 0.5) is 9.80 Å². The molecule has 4 heterocycles. The number of nitrogens with zero attached hydrogens (tertiary/aromatic N) is 4. The minimum Gasteiger partial charge on any atom is -0.444 e. The highest BCUT2D eigenvalue weighted by Gasteiger charge is 2.28. The van der Waals surface area contributed by atoms with Crippen LogP contribution in [0.2, 0.25) is 0 Å². The molecule has 1 aliphatic heterocycles. The van der Waals surface area contributed by atoms with Crippen molar-refractivity contribution in [3.63, 3.8) is 0 Å². The van der Waals surface area contributed by atoms with Crippen LogP contribution >= 0.6 is 11.3 Å². The molecule has 0 aromatic carbocycles. The molecule has 162 valence electrons. The molecule has 0 atom stereocenters. The number of amides is 2. The zero-order chi connectivity index (χ0) is 22.3. The standard InChI is InChI=1S/C23H21N5O3S/c24-11-19-18-7-10-28(23(30)31-15-17-4-2-9-26-13-17)14-20(18)32-22(19)27-21(29)6-5-16-3-1-8-25-12-16/h1-4,8-9,12-13H,5-7,10,14-15H2,(H,27,29). The van der Waals surface area contributed by atoms with Gasteiger partial charge in [-0.1, -0.05) is 12.1 Å². The SMILES string of the molecule is N#Cc1c(NC(=O)CCc2cccnc2)sc2c1CCN(C(=O)OCc1cccnc1)C2. The summed E-state index contributed by atoms with van der Waals surface area (Å²) in [6.45, 7) is 0.965. The van der Waals surface area contributed by atoms with Gasteiger partial charge in [0.1, 0.15) is 17.7 Å². The van der Waals surface area contributed by atoms with E-state index in [2.05, 4.69) is 21.4 Å². The van der Waals surface area contributed by atoms with Gasteiger partial charge in [-0.05, 0) is 36.1 Å². The highest BCUT2D eigenvalue weighted by atomic mass is 32.1. The summed E-state index contributed by atoms with van der Waals surface area (Å²) in [5, 5.41) is 13.1. The van der Waals surface area contributed by atoms with E-state index in [1.165, 1.54) is 11.3 Å². The number of aromatic nitrogens is 2. The Morgan fingerprint density at radius 2 is 1.94 bits per heavy atom. The van der Waals surface area contributed by atoms with Crippen LogP contribution in [0, 0.1) is 11.3 Å². The Hall–Kier alpha value is -3.77. The molecular formula is C23H21N5O3S. The summed E-state index contributed by atoms with van der Waals surface area (Å²) in [7, 11) is 0. The molecule has 32 heavy (non-hydrogen) atoms. The molecule has 3 aromatic heterocycles. The highest BCUT2D eigenvalue weighted by Crippen LogP contribution is 2.37. The minimum atomic E-state index is -0.409. The molecule has 0 saturated carbocycles. The van der Waals surface area contributed by atoms with Gasteiger partial charge in [0.15, 0.2) is 0 Å². The number of carbonyl (C=O) groups excluding carboxylic acids is 2. The van der Waals surface area contributed by atoms with Crippen molar-refractivity contribution < 1.29 is 14.3 Å². The van der Waals surface area contributed by atoms with Crippen LogP contribution in [0.5, 0.6) is 0 Å². The fourth-order valence-electron chi connectivity index (χ4n) is 3.48. The van der Waals surface area contributed by atoms with Gasteiger partial charge in [-0.2, -0.15) is 5.26 Å². The normalized spacial score (nSPS) is 12.5. The third-order valence-electron chi connectivity index (χ3n) is 5.13. The quantitative estimate of drug-likeness (QED) is 0.618. The van der Waals surface area contributed by atoms with Crippen molar-refractivity contribution in [1.82, 2.24) is 14.9 Å². The monoisotopic (exact) mass is 447 g/mol. The molecule has 2 amide bonds. The van der Waals surface area contributed by atoms with E-state index in [4.69, 9.17) is 4.74 Å². The number of hydrogen-bond donors (Lipinski definition) is 1.